The van der Waals surface area contributed by atoms with E-state index in [4.69, 9.17) is 17.3 Å². The highest BCUT2D eigenvalue weighted by Crippen LogP contribution is 2.21. The molecule has 0 spiro atoms. The molecule has 4 N–H and O–H groups in total. The number of aromatic amines is 1. The number of aryl methyl sites for hydroxylation is 1. The summed E-state index contributed by atoms with van der Waals surface area (Å²) in [5.41, 5.74) is 8.53. The summed E-state index contributed by atoms with van der Waals surface area (Å²) in [5, 5.41) is 4.40. The van der Waals surface area contributed by atoms with Crippen LogP contribution in [0, 0.1) is 6.92 Å². The minimum Gasteiger partial charge on any atom is -0.370 e. The number of primary amides is 1. The van der Waals surface area contributed by atoms with Crippen molar-refractivity contribution in [2.45, 2.75) is 19.4 Å². The number of carbonyl (C=O) groups is 2. The topological polar surface area (TPSA) is 88.0 Å². The number of nitrogens with two attached hydrogens (primary N) is 1. The zero-order valence-electron chi connectivity index (χ0n) is 13.7. The fraction of sp³-hybridized carbons (Fsp3) is 0.158. The van der Waals surface area contributed by atoms with Crippen LogP contribution in [0.4, 0.5) is 0 Å². The maximum absolute atomic E-state index is 12.6. The number of fused-ring (bicyclic) bond motifs is 1. The number of hydrogen-bond acceptors (Lipinski definition) is 2. The van der Waals surface area contributed by atoms with Crippen LogP contribution in [0.25, 0.3) is 10.9 Å². The second-order valence-electron chi connectivity index (χ2n) is 6.02. The second kappa shape index (κ2) is 6.99. The number of aromatic nitrogens is 1. The van der Waals surface area contributed by atoms with Crippen LogP contribution in [-0.4, -0.2) is 16.8 Å². The van der Waals surface area contributed by atoms with E-state index >= 15 is 0 Å². The summed E-state index contributed by atoms with van der Waals surface area (Å²) in [4.78, 5) is 27.1. The maximum Gasteiger partial charge on any atom is 0.268 e. The smallest absolute Gasteiger partial charge is 0.268 e. The van der Waals surface area contributed by atoms with E-state index < -0.39 is 11.9 Å². The highest BCUT2D eigenvalue weighted by molar-refractivity contribution is 6.30. The van der Waals surface area contributed by atoms with Gasteiger partial charge in [-0.15, -0.1) is 0 Å². The standard InChI is InChI=1S/C19H18ClN3O2/c1-11-2-3-13-9-17(22-15(13)8-11)19(25)23-16(10-18(21)24)12-4-6-14(20)7-5-12/h2-9,16,22H,10H2,1H3,(H2,21,24)(H,23,25)/t16-/m1/s1. The van der Waals surface area contributed by atoms with E-state index in [0.29, 0.717) is 10.7 Å². The summed E-state index contributed by atoms with van der Waals surface area (Å²) in [6.45, 7) is 1.99. The van der Waals surface area contributed by atoms with Gasteiger partial charge in [-0.2, -0.15) is 0 Å². The molecule has 0 aliphatic rings. The highest BCUT2D eigenvalue weighted by Gasteiger charge is 2.19. The van der Waals surface area contributed by atoms with Crippen LogP contribution < -0.4 is 11.1 Å². The van der Waals surface area contributed by atoms with Crippen molar-refractivity contribution in [2.75, 3.05) is 0 Å². The summed E-state index contributed by atoms with van der Waals surface area (Å²) < 4.78 is 0. The predicted octanol–water partition coefficient (Wildman–Crippen LogP) is 3.48. The number of carbonyl (C=O) groups excluding carboxylic acids is 2. The second-order valence-corrected chi connectivity index (χ2v) is 6.46. The summed E-state index contributed by atoms with van der Waals surface area (Å²) in [6, 6.07) is 14.1. The summed E-state index contributed by atoms with van der Waals surface area (Å²) >= 11 is 5.90. The molecule has 1 atom stereocenters. The molecule has 25 heavy (non-hydrogen) atoms. The third-order valence-electron chi connectivity index (χ3n) is 4.01. The van der Waals surface area contributed by atoms with Crippen LogP contribution in [0.1, 0.15) is 34.1 Å². The monoisotopic (exact) mass is 355 g/mol. The van der Waals surface area contributed by atoms with Gasteiger partial charge in [0.15, 0.2) is 0 Å². The molecule has 0 radical (unpaired) electrons. The Morgan fingerprint density at radius 3 is 2.56 bits per heavy atom. The van der Waals surface area contributed by atoms with Gasteiger partial charge >= 0.3 is 0 Å². The first-order valence-electron chi connectivity index (χ1n) is 7.86. The van der Waals surface area contributed by atoms with E-state index in [-0.39, 0.29) is 12.3 Å². The van der Waals surface area contributed by atoms with Gasteiger partial charge in [-0.1, -0.05) is 35.9 Å². The largest absolute Gasteiger partial charge is 0.370 e. The Kier molecular flexibility index (Phi) is 4.76. The van der Waals surface area contributed by atoms with Gasteiger partial charge < -0.3 is 16.0 Å². The van der Waals surface area contributed by atoms with Crippen LogP contribution in [0.3, 0.4) is 0 Å². The normalized spacial score (nSPS) is 12.1. The highest BCUT2D eigenvalue weighted by atomic mass is 35.5. The van der Waals surface area contributed by atoms with Crippen LogP contribution in [-0.2, 0) is 4.79 Å². The van der Waals surface area contributed by atoms with Crippen molar-refractivity contribution in [1.82, 2.24) is 10.3 Å². The predicted molar refractivity (Wildman–Crippen MR) is 98.5 cm³/mol. The lowest BCUT2D eigenvalue weighted by Gasteiger charge is -2.17. The Balaban J connectivity index is 1.85. The lowest BCUT2D eigenvalue weighted by Crippen LogP contribution is -2.32. The maximum atomic E-state index is 12.6. The molecule has 0 saturated heterocycles. The fourth-order valence-corrected chi connectivity index (χ4v) is 2.87. The minimum atomic E-state index is -0.518. The SMILES string of the molecule is Cc1ccc2cc(C(=O)N[C@H](CC(N)=O)c3ccc(Cl)cc3)[nH]c2c1. The number of benzene rings is 2. The molecule has 5 nitrogen and oxygen atoms in total. The van der Waals surface area contributed by atoms with Crippen molar-refractivity contribution >= 4 is 34.3 Å². The molecule has 3 rings (SSSR count). The van der Waals surface area contributed by atoms with E-state index in [1.807, 2.05) is 25.1 Å². The minimum absolute atomic E-state index is 0.00666. The van der Waals surface area contributed by atoms with E-state index in [1.54, 1.807) is 30.3 Å². The van der Waals surface area contributed by atoms with Crippen LogP contribution in [0.5, 0.6) is 0 Å². The molecule has 0 unspecified atom stereocenters. The van der Waals surface area contributed by atoms with Crippen molar-refractivity contribution in [1.29, 1.82) is 0 Å². The number of rotatable bonds is 5. The van der Waals surface area contributed by atoms with Gasteiger partial charge in [0.05, 0.1) is 12.5 Å². The zero-order valence-corrected chi connectivity index (χ0v) is 14.4. The molecule has 2 aromatic carbocycles. The Bertz CT molecular complexity index is 931. The quantitative estimate of drug-likeness (QED) is 0.654. The van der Waals surface area contributed by atoms with Crippen LogP contribution >= 0.6 is 11.6 Å². The van der Waals surface area contributed by atoms with E-state index in [1.165, 1.54) is 0 Å². The molecular weight excluding hydrogens is 338 g/mol. The molecule has 0 fully saturated rings. The van der Waals surface area contributed by atoms with E-state index in [2.05, 4.69) is 10.3 Å². The van der Waals surface area contributed by atoms with Crippen LogP contribution in [0.15, 0.2) is 48.5 Å². The zero-order chi connectivity index (χ0) is 18.0. The number of hydrogen-bond donors (Lipinski definition) is 3. The van der Waals surface area contributed by atoms with Gasteiger partial charge in [0.1, 0.15) is 5.69 Å². The number of H-pyrrole nitrogens is 1. The lowest BCUT2D eigenvalue weighted by atomic mass is 10.0. The van der Waals surface area contributed by atoms with Crippen molar-refractivity contribution in [2.24, 2.45) is 5.73 Å². The van der Waals surface area contributed by atoms with Crippen molar-refractivity contribution < 1.29 is 9.59 Å². The molecule has 128 valence electrons. The number of nitrogens with one attached hydrogen (secondary N) is 2. The van der Waals surface area contributed by atoms with Gasteiger partial charge in [0, 0.05) is 15.9 Å². The van der Waals surface area contributed by atoms with E-state index in [0.717, 1.165) is 22.0 Å². The van der Waals surface area contributed by atoms with Crippen LogP contribution in [0.2, 0.25) is 5.02 Å². The Morgan fingerprint density at radius 1 is 1.16 bits per heavy atom. The Hall–Kier alpha value is -2.79. The molecule has 0 aliphatic carbocycles. The molecule has 0 aliphatic heterocycles. The molecule has 3 aromatic rings. The molecule has 0 bridgehead atoms. The Morgan fingerprint density at radius 2 is 1.88 bits per heavy atom. The van der Waals surface area contributed by atoms with Crippen molar-refractivity contribution in [3.05, 3.63) is 70.4 Å². The molecule has 1 heterocycles. The van der Waals surface area contributed by atoms with Gasteiger partial charge in [0.2, 0.25) is 5.91 Å². The third-order valence-corrected chi connectivity index (χ3v) is 4.26. The lowest BCUT2D eigenvalue weighted by molar-refractivity contribution is -0.118. The molecule has 1 aromatic heterocycles. The summed E-state index contributed by atoms with van der Waals surface area (Å²) in [7, 11) is 0. The van der Waals surface area contributed by atoms with Crippen molar-refractivity contribution in [3.8, 4) is 0 Å². The van der Waals surface area contributed by atoms with Gasteiger partial charge in [-0.3, -0.25) is 9.59 Å². The number of amides is 2. The first kappa shape index (κ1) is 17.0. The summed E-state index contributed by atoms with van der Waals surface area (Å²) in [5.74, 6) is -0.789. The molecule has 0 saturated carbocycles. The summed E-state index contributed by atoms with van der Waals surface area (Å²) in [6.07, 6.45) is 0.00666. The number of halogens is 1. The first-order valence-corrected chi connectivity index (χ1v) is 8.24. The molecule has 2 amide bonds. The average Bonchev–Trinajstić information content (AvgIpc) is 2.97. The van der Waals surface area contributed by atoms with Gasteiger partial charge in [-0.25, -0.2) is 0 Å². The first-order chi connectivity index (χ1) is 11.9. The van der Waals surface area contributed by atoms with Gasteiger partial charge in [-0.05, 0) is 42.3 Å². The molecule has 6 heteroatoms. The van der Waals surface area contributed by atoms with Gasteiger partial charge in [0.25, 0.3) is 5.91 Å². The third kappa shape index (κ3) is 4.00. The average molecular weight is 356 g/mol. The fourth-order valence-electron chi connectivity index (χ4n) is 2.75. The Labute approximate surface area is 150 Å². The molecular formula is C19H18ClN3O2. The van der Waals surface area contributed by atoms with E-state index in [9.17, 15) is 9.59 Å². The van der Waals surface area contributed by atoms with Crippen molar-refractivity contribution in [3.63, 3.8) is 0 Å².